The minimum atomic E-state index is -0.537. The number of amidine groups is 1. The summed E-state index contributed by atoms with van der Waals surface area (Å²) < 4.78 is 11.4. The van der Waals surface area contributed by atoms with Crippen molar-refractivity contribution in [3.05, 3.63) is 22.9 Å². The van der Waals surface area contributed by atoms with Crippen molar-refractivity contribution in [1.82, 2.24) is 5.32 Å². The summed E-state index contributed by atoms with van der Waals surface area (Å²) in [4.78, 5) is 4.83. The van der Waals surface area contributed by atoms with Crippen LogP contribution >= 0.6 is 11.8 Å². The number of allylic oxidation sites excluding steroid dienone is 4. The molecule has 1 heterocycles. The summed E-state index contributed by atoms with van der Waals surface area (Å²) in [6.45, 7) is 21.0. The van der Waals surface area contributed by atoms with Gasteiger partial charge in [-0.15, -0.1) is 0 Å². The van der Waals surface area contributed by atoms with Gasteiger partial charge in [-0.2, -0.15) is 11.8 Å². The molecule has 3 unspecified atom stereocenters. The number of hydrogen-bond donors (Lipinski definition) is 1. The van der Waals surface area contributed by atoms with Gasteiger partial charge < -0.3 is 14.8 Å². The van der Waals surface area contributed by atoms with Crippen molar-refractivity contribution in [2.75, 3.05) is 19.0 Å². The Balaban J connectivity index is 2.96. The van der Waals surface area contributed by atoms with E-state index >= 15 is 0 Å². The molecule has 0 aliphatic carbocycles. The zero-order valence-corrected chi connectivity index (χ0v) is 23.8. The average molecular weight is 481 g/mol. The molecule has 0 aromatic rings. The highest BCUT2D eigenvalue weighted by molar-refractivity contribution is 8.00. The van der Waals surface area contributed by atoms with Crippen molar-refractivity contribution < 1.29 is 9.47 Å². The minimum Gasteiger partial charge on any atom is -0.348 e. The largest absolute Gasteiger partial charge is 0.348 e. The fourth-order valence-corrected chi connectivity index (χ4v) is 6.15. The first-order chi connectivity index (χ1) is 15.7. The van der Waals surface area contributed by atoms with E-state index in [1.54, 1.807) is 11.1 Å². The lowest BCUT2D eigenvalue weighted by Gasteiger charge is -2.28. The van der Waals surface area contributed by atoms with Crippen LogP contribution in [-0.4, -0.2) is 36.5 Å². The Labute approximate surface area is 209 Å². The third-order valence-corrected chi connectivity index (χ3v) is 8.34. The molecule has 0 bridgehead atoms. The van der Waals surface area contributed by atoms with Crippen LogP contribution in [0.2, 0.25) is 0 Å². The van der Waals surface area contributed by atoms with Crippen molar-refractivity contribution in [2.45, 2.75) is 113 Å². The molecule has 1 N–H and O–H groups in total. The van der Waals surface area contributed by atoms with Gasteiger partial charge in [0.15, 0.2) is 0 Å². The lowest BCUT2D eigenvalue weighted by atomic mass is 9.84. The molecule has 1 aliphatic heterocycles. The monoisotopic (exact) mass is 480 g/mol. The van der Waals surface area contributed by atoms with Gasteiger partial charge in [-0.3, -0.25) is 0 Å². The molecule has 192 valence electrons. The number of aliphatic imine (C=N–C) groups is 1. The third-order valence-electron chi connectivity index (χ3n) is 6.63. The number of rotatable bonds is 15. The SMILES string of the molecule is CC=C(C)NC(CC(C)C1SCCC1CC(CC)=C(C)CCC(C)C)=NC(OCC)OCC. The quantitative estimate of drug-likeness (QED) is 0.112. The molecule has 0 saturated carbocycles. The molecule has 1 rings (SSSR count). The minimum absolute atomic E-state index is 0.537. The maximum Gasteiger partial charge on any atom is 0.259 e. The first kappa shape index (κ1) is 30.3. The summed E-state index contributed by atoms with van der Waals surface area (Å²) in [6.07, 6.45) is 8.78. The van der Waals surface area contributed by atoms with E-state index in [-0.39, 0.29) is 0 Å². The molecule has 0 spiro atoms. The molecule has 1 fully saturated rings. The van der Waals surface area contributed by atoms with E-state index in [4.69, 9.17) is 14.5 Å². The van der Waals surface area contributed by atoms with Crippen LogP contribution in [-0.2, 0) is 9.47 Å². The Kier molecular flexibility index (Phi) is 15.4. The number of nitrogens with zero attached hydrogens (tertiary/aromatic N) is 1. The van der Waals surface area contributed by atoms with Gasteiger partial charge in [0.05, 0.1) is 0 Å². The Morgan fingerprint density at radius 3 is 2.33 bits per heavy atom. The smallest absolute Gasteiger partial charge is 0.259 e. The summed E-state index contributed by atoms with van der Waals surface area (Å²) in [5.41, 5.74) is 4.45. The molecule has 0 amide bonds. The van der Waals surface area contributed by atoms with Crippen molar-refractivity contribution in [3.63, 3.8) is 0 Å². The second kappa shape index (κ2) is 16.8. The van der Waals surface area contributed by atoms with Gasteiger partial charge in [0.2, 0.25) is 0 Å². The Morgan fingerprint density at radius 1 is 1.12 bits per heavy atom. The molecular weight excluding hydrogens is 428 g/mol. The van der Waals surface area contributed by atoms with Gasteiger partial charge in [0.1, 0.15) is 5.84 Å². The molecule has 5 heteroatoms. The molecular formula is C28H52N2O2S. The topological polar surface area (TPSA) is 42.9 Å². The Hall–Kier alpha value is -0.780. The van der Waals surface area contributed by atoms with Crippen molar-refractivity contribution in [1.29, 1.82) is 0 Å². The fourth-order valence-electron chi connectivity index (χ4n) is 4.51. The van der Waals surface area contributed by atoms with Crippen LogP contribution in [0.1, 0.15) is 101 Å². The number of hydrogen-bond acceptors (Lipinski definition) is 4. The highest BCUT2D eigenvalue weighted by atomic mass is 32.2. The predicted molar refractivity (Wildman–Crippen MR) is 147 cm³/mol. The van der Waals surface area contributed by atoms with Crippen LogP contribution in [0.15, 0.2) is 27.9 Å². The van der Waals surface area contributed by atoms with Crippen LogP contribution in [0.5, 0.6) is 0 Å². The lowest BCUT2D eigenvalue weighted by molar-refractivity contribution is -0.129. The van der Waals surface area contributed by atoms with Crippen LogP contribution in [0.25, 0.3) is 0 Å². The maximum atomic E-state index is 5.71. The van der Waals surface area contributed by atoms with Crippen molar-refractivity contribution in [3.8, 4) is 0 Å². The molecule has 1 saturated heterocycles. The molecule has 0 aromatic carbocycles. The van der Waals surface area contributed by atoms with E-state index in [0.717, 1.165) is 29.8 Å². The van der Waals surface area contributed by atoms with E-state index in [1.165, 1.54) is 37.9 Å². The normalized spacial score (nSPS) is 21.7. The molecule has 0 radical (unpaired) electrons. The summed E-state index contributed by atoms with van der Waals surface area (Å²) in [5.74, 6) is 4.31. The molecule has 0 aromatic heterocycles. The first-order valence-electron chi connectivity index (χ1n) is 13.2. The molecule has 33 heavy (non-hydrogen) atoms. The molecule has 1 aliphatic rings. The average Bonchev–Trinajstić information content (AvgIpc) is 3.24. The Bertz CT molecular complexity index is 636. The van der Waals surface area contributed by atoms with Crippen LogP contribution < -0.4 is 5.32 Å². The first-order valence-corrected chi connectivity index (χ1v) is 14.3. The van der Waals surface area contributed by atoms with Gasteiger partial charge in [-0.05, 0) is 90.2 Å². The van der Waals surface area contributed by atoms with Gasteiger partial charge in [-0.25, -0.2) is 4.99 Å². The van der Waals surface area contributed by atoms with E-state index < -0.39 is 6.41 Å². The van der Waals surface area contributed by atoms with Crippen LogP contribution in [0, 0.1) is 17.8 Å². The Morgan fingerprint density at radius 2 is 1.79 bits per heavy atom. The van der Waals surface area contributed by atoms with Crippen molar-refractivity contribution in [2.24, 2.45) is 22.7 Å². The van der Waals surface area contributed by atoms with Crippen LogP contribution in [0.3, 0.4) is 0 Å². The predicted octanol–water partition coefficient (Wildman–Crippen LogP) is 7.96. The zero-order chi connectivity index (χ0) is 24.8. The van der Waals surface area contributed by atoms with Gasteiger partial charge in [0.25, 0.3) is 6.41 Å². The third kappa shape index (κ3) is 11.5. The highest BCUT2D eigenvalue weighted by Gasteiger charge is 2.33. The summed E-state index contributed by atoms with van der Waals surface area (Å²) in [7, 11) is 0. The molecule has 4 nitrogen and oxygen atoms in total. The van der Waals surface area contributed by atoms with Crippen LogP contribution in [0.4, 0.5) is 0 Å². The fraction of sp³-hybridized carbons (Fsp3) is 0.821. The van der Waals surface area contributed by atoms with Gasteiger partial charge >= 0.3 is 0 Å². The van der Waals surface area contributed by atoms with Crippen molar-refractivity contribution >= 4 is 17.6 Å². The zero-order valence-electron chi connectivity index (χ0n) is 23.0. The lowest BCUT2D eigenvalue weighted by Crippen LogP contribution is -2.31. The summed E-state index contributed by atoms with van der Waals surface area (Å²) in [6, 6.07) is 0. The highest BCUT2D eigenvalue weighted by Crippen LogP contribution is 2.42. The molecule has 3 atom stereocenters. The summed E-state index contributed by atoms with van der Waals surface area (Å²) in [5, 5.41) is 4.18. The summed E-state index contributed by atoms with van der Waals surface area (Å²) >= 11 is 2.16. The second-order valence-corrected chi connectivity index (χ2v) is 11.1. The van der Waals surface area contributed by atoms with Gasteiger partial charge in [0, 0.05) is 30.6 Å². The second-order valence-electron chi connectivity index (χ2n) is 9.83. The number of thioether (sulfide) groups is 1. The number of nitrogens with one attached hydrogen (secondary N) is 1. The van der Waals surface area contributed by atoms with E-state index in [2.05, 4.69) is 71.6 Å². The number of ether oxygens (including phenoxy) is 2. The van der Waals surface area contributed by atoms with E-state index in [1.807, 2.05) is 13.8 Å². The van der Waals surface area contributed by atoms with E-state index in [9.17, 15) is 0 Å². The van der Waals surface area contributed by atoms with Gasteiger partial charge in [-0.1, -0.05) is 44.9 Å². The maximum absolute atomic E-state index is 5.71. The standard InChI is InChI=1S/C28H52N2O2S/c1-10-23(9)29-26(30-28(31-12-3)32-13-4)18-22(8)27-25(16-17-33-27)19-24(11-2)21(7)15-14-20(5)6/h10,20,22,25,27-28H,11-19H2,1-9H3,(H,29,30). The van der Waals surface area contributed by atoms with E-state index in [0.29, 0.717) is 24.4 Å².